The molecule has 0 radical (unpaired) electrons. The summed E-state index contributed by atoms with van der Waals surface area (Å²) in [7, 11) is 0. The highest BCUT2D eigenvalue weighted by molar-refractivity contribution is 5.71. The van der Waals surface area contributed by atoms with Crippen LogP contribution in [0.15, 0.2) is 109 Å². The summed E-state index contributed by atoms with van der Waals surface area (Å²) in [6.45, 7) is 6.27. The Morgan fingerprint density at radius 3 is 0.848 bits per heavy atom. The molecule has 0 spiro atoms. The minimum atomic E-state index is -0.798. The number of allylic oxidation sites excluding steroid dienone is 18. The molecule has 0 unspecified atom stereocenters. The van der Waals surface area contributed by atoms with Gasteiger partial charge in [-0.2, -0.15) is 0 Å². The molecule has 6 heteroatoms. The molecule has 0 saturated carbocycles. The minimum absolute atomic E-state index is 0.0966. The van der Waals surface area contributed by atoms with E-state index in [9.17, 15) is 14.4 Å². The lowest BCUT2D eigenvalue weighted by atomic mass is 10.1. The van der Waals surface area contributed by atoms with Crippen LogP contribution < -0.4 is 0 Å². The quantitative estimate of drug-likeness (QED) is 0.0262. The van der Waals surface area contributed by atoms with Crippen molar-refractivity contribution in [3.63, 3.8) is 0 Å². The maximum Gasteiger partial charge on any atom is 0.306 e. The van der Waals surface area contributed by atoms with Crippen LogP contribution in [0.3, 0.4) is 0 Å². The number of ether oxygens (including phenoxy) is 3. The van der Waals surface area contributed by atoms with Crippen LogP contribution in [0.4, 0.5) is 0 Å². The molecule has 6 nitrogen and oxygen atoms in total. The Kier molecular flexibility index (Phi) is 50.5. The van der Waals surface area contributed by atoms with E-state index in [-0.39, 0.29) is 31.1 Å². The third-order valence-corrected chi connectivity index (χ3v) is 11.0. The van der Waals surface area contributed by atoms with Crippen molar-refractivity contribution in [2.24, 2.45) is 0 Å². The van der Waals surface area contributed by atoms with Gasteiger partial charge in [0.2, 0.25) is 0 Å². The molecule has 374 valence electrons. The van der Waals surface area contributed by atoms with Crippen LogP contribution in [0.5, 0.6) is 0 Å². The van der Waals surface area contributed by atoms with Crippen molar-refractivity contribution in [1.29, 1.82) is 0 Å². The molecule has 0 N–H and O–H groups in total. The normalized spacial score (nSPS) is 12.5. The zero-order valence-electron chi connectivity index (χ0n) is 42.7. The van der Waals surface area contributed by atoms with Crippen molar-refractivity contribution in [2.75, 3.05) is 13.2 Å². The third kappa shape index (κ3) is 51.1. The van der Waals surface area contributed by atoms with Crippen LogP contribution in [-0.4, -0.2) is 37.2 Å². The Bertz CT molecular complexity index is 1300. The van der Waals surface area contributed by atoms with Crippen molar-refractivity contribution < 1.29 is 28.6 Å². The van der Waals surface area contributed by atoms with E-state index in [2.05, 4.69) is 130 Å². The Balaban J connectivity index is 4.47. The second kappa shape index (κ2) is 53.7. The summed E-state index contributed by atoms with van der Waals surface area (Å²) in [5.74, 6) is -0.937. The van der Waals surface area contributed by atoms with E-state index in [1.54, 1.807) is 0 Å². The van der Waals surface area contributed by atoms with Gasteiger partial charge in [0.1, 0.15) is 13.2 Å². The molecule has 0 aromatic heterocycles. The predicted octanol–water partition coefficient (Wildman–Crippen LogP) is 17.9. The van der Waals surface area contributed by atoms with Gasteiger partial charge in [-0.3, -0.25) is 14.4 Å². The third-order valence-electron chi connectivity index (χ3n) is 11.0. The summed E-state index contributed by atoms with van der Waals surface area (Å²) in [6, 6.07) is 0. The molecule has 66 heavy (non-hydrogen) atoms. The standard InChI is InChI=1S/C60H98O6/c1-4-7-10-13-16-19-22-25-28-31-34-37-40-43-46-49-52-58(61)64-55-57(66-60(63)54-51-48-45-42-39-36-33-30-27-24-21-18-15-12-9-6-3)56-65-59(62)53-50-47-44-41-38-35-32-29-26-23-20-17-14-11-8-5-2/h7-12,16-21,25-30,57H,4-6,13-15,22-24,31-56H2,1-3H3/b10-7-,11-8-,12-9-,19-16-,20-17-,21-18-,28-25-,29-26-,30-27-. The van der Waals surface area contributed by atoms with Crippen molar-refractivity contribution in [1.82, 2.24) is 0 Å². The minimum Gasteiger partial charge on any atom is -0.462 e. The van der Waals surface area contributed by atoms with Crippen LogP contribution >= 0.6 is 0 Å². The highest BCUT2D eigenvalue weighted by Crippen LogP contribution is 2.14. The van der Waals surface area contributed by atoms with Crippen molar-refractivity contribution in [3.8, 4) is 0 Å². The zero-order valence-corrected chi connectivity index (χ0v) is 42.7. The van der Waals surface area contributed by atoms with E-state index in [1.807, 2.05) is 0 Å². The molecular formula is C60H98O6. The average molecular weight is 915 g/mol. The topological polar surface area (TPSA) is 78.9 Å². The Hall–Kier alpha value is -3.93. The first-order valence-electron chi connectivity index (χ1n) is 26.9. The molecule has 0 bridgehead atoms. The van der Waals surface area contributed by atoms with Gasteiger partial charge in [-0.15, -0.1) is 0 Å². The van der Waals surface area contributed by atoms with Gasteiger partial charge < -0.3 is 14.2 Å². The highest BCUT2D eigenvalue weighted by Gasteiger charge is 2.19. The molecule has 0 rings (SSSR count). The molecule has 0 aliphatic rings. The fourth-order valence-electron chi connectivity index (χ4n) is 7.07. The first kappa shape index (κ1) is 62.1. The zero-order chi connectivity index (χ0) is 47.9. The summed E-state index contributed by atoms with van der Waals surface area (Å²) in [5, 5.41) is 0. The van der Waals surface area contributed by atoms with Crippen LogP contribution in [0, 0.1) is 0 Å². The highest BCUT2D eigenvalue weighted by atomic mass is 16.6. The van der Waals surface area contributed by atoms with Gasteiger partial charge in [-0.05, 0) is 116 Å². The first-order valence-corrected chi connectivity index (χ1v) is 26.9. The second-order valence-electron chi connectivity index (χ2n) is 17.3. The van der Waals surface area contributed by atoms with Crippen LogP contribution in [0.25, 0.3) is 0 Å². The second-order valence-corrected chi connectivity index (χ2v) is 17.3. The van der Waals surface area contributed by atoms with E-state index < -0.39 is 6.10 Å². The predicted molar refractivity (Wildman–Crippen MR) is 283 cm³/mol. The molecule has 0 heterocycles. The first-order chi connectivity index (χ1) is 32.5. The number of hydrogen-bond donors (Lipinski definition) is 0. The monoisotopic (exact) mass is 915 g/mol. The molecule has 0 fully saturated rings. The molecule has 0 atom stereocenters. The van der Waals surface area contributed by atoms with Gasteiger partial charge >= 0.3 is 17.9 Å². The number of rotatable bonds is 47. The number of carbonyl (C=O) groups is 3. The number of hydrogen-bond acceptors (Lipinski definition) is 6. The van der Waals surface area contributed by atoms with Crippen molar-refractivity contribution in [3.05, 3.63) is 109 Å². The van der Waals surface area contributed by atoms with E-state index in [0.29, 0.717) is 19.3 Å². The summed E-state index contributed by atoms with van der Waals surface area (Å²) in [4.78, 5) is 38.1. The summed E-state index contributed by atoms with van der Waals surface area (Å²) >= 11 is 0. The SMILES string of the molecule is CC/C=C\C/C=C\C/C=C\CCCCCCCCC(=O)OCC(COC(=O)CCCCCCCC/C=C\C/C=C\C/C=C\CC)OC(=O)CCCCCCCC/C=C\C/C=C\C/C=C\CC. The van der Waals surface area contributed by atoms with Crippen molar-refractivity contribution in [2.45, 2.75) is 239 Å². The van der Waals surface area contributed by atoms with E-state index in [0.717, 1.165) is 154 Å². The lowest BCUT2D eigenvalue weighted by molar-refractivity contribution is -0.167. The lowest BCUT2D eigenvalue weighted by Crippen LogP contribution is -2.30. The Labute approximate surface area is 406 Å². The van der Waals surface area contributed by atoms with Crippen LogP contribution in [0.1, 0.15) is 233 Å². The molecular weight excluding hydrogens is 817 g/mol. The summed E-state index contributed by atoms with van der Waals surface area (Å²) in [6.07, 6.45) is 72.1. The molecule has 0 aromatic carbocycles. The molecule has 0 saturated heterocycles. The van der Waals surface area contributed by atoms with Gasteiger partial charge in [-0.25, -0.2) is 0 Å². The van der Waals surface area contributed by atoms with Gasteiger partial charge in [0.15, 0.2) is 6.10 Å². The number of carbonyl (C=O) groups excluding carboxylic acids is 3. The molecule has 0 aliphatic heterocycles. The smallest absolute Gasteiger partial charge is 0.306 e. The Morgan fingerprint density at radius 2 is 0.545 bits per heavy atom. The number of esters is 3. The van der Waals surface area contributed by atoms with Crippen LogP contribution in [-0.2, 0) is 28.6 Å². The summed E-state index contributed by atoms with van der Waals surface area (Å²) in [5.41, 5.74) is 0. The maximum absolute atomic E-state index is 12.8. The van der Waals surface area contributed by atoms with Gasteiger partial charge in [0.25, 0.3) is 0 Å². The fraction of sp³-hybridized carbons (Fsp3) is 0.650. The molecule has 0 amide bonds. The van der Waals surface area contributed by atoms with Gasteiger partial charge in [-0.1, -0.05) is 207 Å². The molecule has 0 aromatic rings. The fourth-order valence-corrected chi connectivity index (χ4v) is 7.07. The Morgan fingerprint density at radius 1 is 0.303 bits per heavy atom. The van der Waals surface area contributed by atoms with E-state index >= 15 is 0 Å². The van der Waals surface area contributed by atoms with Crippen LogP contribution in [0.2, 0.25) is 0 Å². The van der Waals surface area contributed by atoms with E-state index in [4.69, 9.17) is 14.2 Å². The molecule has 0 aliphatic carbocycles. The van der Waals surface area contributed by atoms with Gasteiger partial charge in [0, 0.05) is 19.3 Å². The largest absolute Gasteiger partial charge is 0.462 e. The summed E-state index contributed by atoms with van der Waals surface area (Å²) < 4.78 is 16.8. The number of unbranched alkanes of at least 4 members (excludes halogenated alkanes) is 18. The van der Waals surface area contributed by atoms with Gasteiger partial charge in [0.05, 0.1) is 0 Å². The van der Waals surface area contributed by atoms with Crippen molar-refractivity contribution >= 4 is 17.9 Å². The maximum atomic E-state index is 12.8. The van der Waals surface area contributed by atoms with E-state index in [1.165, 1.54) is 38.5 Å². The lowest BCUT2D eigenvalue weighted by Gasteiger charge is -2.18. The average Bonchev–Trinajstić information content (AvgIpc) is 3.31.